The Morgan fingerprint density at radius 2 is 2.12 bits per heavy atom. The van der Waals surface area contributed by atoms with Crippen molar-refractivity contribution >= 4 is 11.6 Å². The van der Waals surface area contributed by atoms with E-state index in [1.165, 1.54) is 25.7 Å². The van der Waals surface area contributed by atoms with Crippen molar-refractivity contribution in [1.29, 1.82) is 0 Å². The van der Waals surface area contributed by atoms with Gasteiger partial charge in [0.2, 0.25) is 0 Å². The van der Waals surface area contributed by atoms with Gasteiger partial charge in [-0.25, -0.2) is 4.98 Å². The van der Waals surface area contributed by atoms with Crippen LogP contribution in [0.4, 0.5) is 5.82 Å². The van der Waals surface area contributed by atoms with Gasteiger partial charge in [0, 0.05) is 36.9 Å². The maximum absolute atomic E-state index is 11.4. The van der Waals surface area contributed by atoms with Crippen molar-refractivity contribution in [2.24, 2.45) is 11.8 Å². The van der Waals surface area contributed by atoms with E-state index in [2.05, 4.69) is 14.8 Å². The van der Waals surface area contributed by atoms with E-state index < -0.39 is 0 Å². The standard InChI is InChI=1S/C19H27N3O2/c1-13(24)14-5-6-19(20-9-14)21-10-15-8-16(11-21)18(12-23)22-7-3-2-4-17(15)22/h5-6,9,15-18,23H,2-4,7-8,10-12H2,1H3/t15-,16+,17+,18+/m1/s1. The van der Waals surface area contributed by atoms with Crippen LogP contribution in [0.3, 0.4) is 0 Å². The van der Waals surface area contributed by atoms with Crippen LogP contribution in [0.2, 0.25) is 0 Å². The quantitative estimate of drug-likeness (QED) is 0.859. The minimum absolute atomic E-state index is 0.0581. The highest BCUT2D eigenvalue weighted by molar-refractivity contribution is 5.93. The summed E-state index contributed by atoms with van der Waals surface area (Å²) in [5.41, 5.74) is 0.669. The minimum atomic E-state index is 0.0581. The fourth-order valence-electron chi connectivity index (χ4n) is 5.13. The number of fused-ring (bicyclic) bond motifs is 4. The lowest BCUT2D eigenvalue weighted by Gasteiger charge is -2.56. The third-order valence-electron chi connectivity index (χ3n) is 6.29. The summed E-state index contributed by atoms with van der Waals surface area (Å²) in [4.78, 5) is 21.0. The smallest absolute Gasteiger partial charge is 0.161 e. The van der Waals surface area contributed by atoms with Gasteiger partial charge in [-0.05, 0) is 56.7 Å². The normalized spacial score (nSPS) is 33.2. The highest BCUT2D eigenvalue weighted by Gasteiger charge is 2.47. The number of Topliss-reactive ketones (excluding diaryl/α,β-unsaturated/α-hetero) is 1. The van der Waals surface area contributed by atoms with E-state index in [1.54, 1.807) is 13.1 Å². The second-order valence-electron chi connectivity index (χ2n) is 7.67. The van der Waals surface area contributed by atoms with E-state index in [9.17, 15) is 9.90 Å². The number of nitrogens with zero attached hydrogens (tertiary/aromatic N) is 3. The topological polar surface area (TPSA) is 56.7 Å². The van der Waals surface area contributed by atoms with Crippen molar-refractivity contribution in [1.82, 2.24) is 9.88 Å². The molecule has 1 aromatic rings. The van der Waals surface area contributed by atoms with E-state index >= 15 is 0 Å². The molecule has 5 nitrogen and oxygen atoms in total. The average Bonchev–Trinajstić information content (AvgIpc) is 2.62. The molecule has 130 valence electrons. The number of rotatable bonds is 3. The highest BCUT2D eigenvalue weighted by Crippen LogP contribution is 2.41. The Labute approximate surface area is 143 Å². The number of piperidine rings is 3. The molecular weight excluding hydrogens is 302 g/mol. The van der Waals surface area contributed by atoms with E-state index in [-0.39, 0.29) is 12.4 Å². The zero-order chi connectivity index (χ0) is 16.7. The molecular formula is C19H27N3O2. The van der Waals surface area contributed by atoms with Gasteiger partial charge >= 0.3 is 0 Å². The molecule has 0 radical (unpaired) electrons. The van der Waals surface area contributed by atoms with Gasteiger partial charge in [0.05, 0.1) is 6.61 Å². The largest absolute Gasteiger partial charge is 0.395 e. The van der Waals surface area contributed by atoms with Gasteiger partial charge in [-0.1, -0.05) is 6.42 Å². The maximum Gasteiger partial charge on any atom is 0.161 e. The van der Waals surface area contributed by atoms with E-state index in [0.717, 1.165) is 25.5 Å². The lowest BCUT2D eigenvalue weighted by Crippen LogP contribution is -2.64. The van der Waals surface area contributed by atoms with Crippen molar-refractivity contribution in [3.63, 3.8) is 0 Å². The monoisotopic (exact) mass is 329 g/mol. The van der Waals surface area contributed by atoms with Crippen LogP contribution in [0.1, 0.15) is 43.0 Å². The second kappa shape index (κ2) is 6.45. The number of aromatic nitrogens is 1. The lowest BCUT2D eigenvalue weighted by atomic mass is 9.72. The van der Waals surface area contributed by atoms with Crippen LogP contribution in [0, 0.1) is 11.8 Å². The number of pyridine rings is 1. The van der Waals surface area contributed by atoms with Gasteiger partial charge in [0.1, 0.15) is 5.82 Å². The summed E-state index contributed by atoms with van der Waals surface area (Å²) in [6, 6.07) is 4.77. The first-order valence-corrected chi connectivity index (χ1v) is 9.26. The van der Waals surface area contributed by atoms with E-state index in [4.69, 9.17) is 0 Å². The summed E-state index contributed by atoms with van der Waals surface area (Å²) in [7, 11) is 0. The lowest BCUT2D eigenvalue weighted by molar-refractivity contribution is -0.0518. The van der Waals surface area contributed by atoms with Crippen LogP contribution in [0.15, 0.2) is 18.3 Å². The predicted molar refractivity (Wildman–Crippen MR) is 93.3 cm³/mol. The fraction of sp³-hybridized carbons (Fsp3) is 0.684. The van der Waals surface area contributed by atoms with Gasteiger partial charge in [-0.15, -0.1) is 0 Å². The molecule has 2 bridgehead atoms. The SMILES string of the molecule is CC(=O)c1ccc(N2C[C@H]3C[C@@H](C2)[C@H](CO)N2CCCC[C@@H]32)nc1. The number of hydrogen-bond donors (Lipinski definition) is 1. The molecule has 24 heavy (non-hydrogen) atoms. The van der Waals surface area contributed by atoms with Crippen LogP contribution < -0.4 is 4.90 Å². The average molecular weight is 329 g/mol. The molecule has 3 aliphatic rings. The number of anilines is 1. The first-order chi connectivity index (χ1) is 11.7. The van der Waals surface area contributed by atoms with Crippen LogP contribution in [0.25, 0.3) is 0 Å². The summed E-state index contributed by atoms with van der Waals surface area (Å²) in [6.07, 6.45) is 6.77. The van der Waals surface area contributed by atoms with Gasteiger partial charge in [-0.2, -0.15) is 0 Å². The zero-order valence-corrected chi connectivity index (χ0v) is 14.4. The van der Waals surface area contributed by atoms with Gasteiger partial charge < -0.3 is 10.0 Å². The van der Waals surface area contributed by atoms with Gasteiger partial charge in [0.15, 0.2) is 5.78 Å². The van der Waals surface area contributed by atoms with Crippen molar-refractivity contribution < 1.29 is 9.90 Å². The highest BCUT2D eigenvalue weighted by atomic mass is 16.3. The molecule has 0 saturated carbocycles. The van der Waals surface area contributed by atoms with Gasteiger partial charge in [-0.3, -0.25) is 9.69 Å². The molecule has 0 aliphatic carbocycles. The molecule has 0 spiro atoms. The fourth-order valence-corrected chi connectivity index (χ4v) is 5.13. The van der Waals surface area contributed by atoms with Gasteiger partial charge in [0.25, 0.3) is 0 Å². The number of carbonyl (C=O) groups excluding carboxylic acids is 1. The molecule has 4 atom stereocenters. The van der Waals surface area contributed by atoms with Crippen molar-refractivity contribution in [3.8, 4) is 0 Å². The number of aliphatic hydroxyl groups is 1. The van der Waals surface area contributed by atoms with Crippen LogP contribution in [-0.4, -0.2) is 59.1 Å². The minimum Gasteiger partial charge on any atom is -0.395 e. The molecule has 1 aromatic heterocycles. The van der Waals surface area contributed by atoms with Crippen molar-refractivity contribution in [2.45, 2.75) is 44.7 Å². The number of aliphatic hydroxyl groups excluding tert-OH is 1. The Kier molecular flexibility index (Phi) is 4.31. The second-order valence-corrected chi connectivity index (χ2v) is 7.67. The molecule has 4 heterocycles. The molecule has 3 aliphatic heterocycles. The van der Waals surface area contributed by atoms with E-state index in [0.29, 0.717) is 29.5 Å². The first kappa shape index (κ1) is 16.0. The molecule has 1 N–H and O–H groups in total. The van der Waals surface area contributed by atoms with Crippen LogP contribution >= 0.6 is 0 Å². The zero-order valence-electron chi connectivity index (χ0n) is 14.4. The molecule has 0 aromatic carbocycles. The Morgan fingerprint density at radius 1 is 1.29 bits per heavy atom. The Balaban J connectivity index is 1.56. The maximum atomic E-state index is 11.4. The van der Waals surface area contributed by atoms with Crippen LogP contribution in [0.5, 0.6) is 0 Å². The molecule has 3 fully saturated rings. The molecule has 5 heteroatoms. The number of ketones is 1. The van der Waals surface area contributed by atoms with E-state index in [1.807, 2.05) is 12.1 Å². The summed E-state index contributed by atoms with van der Waals surface area (Å²) in [5, 5.41) is 9.98. The predicted octanol–water partition coefficient (Wildman–Crippen LogP) is 1.96. The Morgan fingerprint density at radius 3 is 2.83 bits per heavy atom. The molecule has 3 saturated heterocycles. The summed E-state index contributed by atoms with van der Waals surface area (Å²) >= 11 is 0. The number of hydrogen-bond acceptors (Lipinski definition) is 5. The van der Waals surface area contributed by atoms with Crippen molar-refractivity contribution in [3.05, 3.63) is 23.9 Å². The molecule has 0 amide bonds. The Bertz CT molecular complexity index is 589. The Hall–Kier alpha value is -1.46. The first-order valence-electron chi connectivity index (χ1n) is 9.26. The van der Waals surface area contributed by atoms with Crippen LogP contribution in [-0.2, 0) is 0 Å². The molecule has 4 rings (SSSR count). The summed E-state index contributed by atoms with van der Waals surface area (Å²) in [5.74, 6) is 2.21. The third-order valence-corrected chi connectivity index (χ3v) is 6.29. The third kappa shape index (κ3) is 2.74. The van der Waals surface area contributed by atoms with Crippen molar-refractivity contribution in [2.75, 3.05) is 31.1 Å². The summed E-state index contributed by atoms with van der Waals surface area (Å²) in [6.45, 7) is 4.98. The number of carbonyl (C=O) groups is 1. The summed E-state index contributed by atoms with van der Waals surface area (Å²) < 4.78 is 0. The molecule has 0 unspecified atom stereocenters.